The van der Waals surface area contributed by atoms with Crippen molar-refractivity contribution in [2.45, 2.75) is 18.6 Å². The van der Waals surface area contributed by atoms with Gasteiger partial charge in [0.2, 0.25) is 0 Å². The van der Waals surface area contributed by atoms with Crippen LogP contribution in [-0.2, 0) is 4.79 Å². The fraction of sp³-hybridized carbons (Fsp3) is 0.235. The second-order valence-electron chi connectivity index (χ2n) is 6.26. The zero-order chi connectivity index (χ0) is 18.0. The molecular formula is C17H12Cl2N4O3. The fourth-order valence-electron chi connectivity index (χ4n) is 3.62. The molecule has 1 N–H and O–H groups in total. The molecule has 5 rings (SSSR count). The summed E-state index contributed by atoms with van der Waals surface area (Å²) in [7, 11) is 0. The lowest BCUT2D eigenvalue weighted by Crippen LogP contribution is -2.48. The van der Waals surface area contributed by atoms with Gasteiger partial charge in [-0.15, -0.1) is 0 Å². The number of esters is 1. The molecule has 7 nitrogen and oxygen atoms in total. The zero-order valence-electron chi connectivity index (χ0n) is 13.3. The highest BCUT2D eigenvalue weighted by molar-refractivity contribution is 6.45. The number of nitrogens with zero attached hydrogens (tertiary/aromatic N) is 4. The third-order valence-electron chi connectivity index (χ3n) is 4.80. The van der Waals surface area contributed by atoms with Gasteiger partial charge in [-0.2, -0.15) is 0 Å². The maximum atomic E-state index is 12.5. The largest absolute Gasteiger partial charge is 0.419 e. The van der Waals surface area contributed by atoms with E-state index in [-0.39, 0.29) is 0 Å². The van der Waals surface area contributed by atoms with Gasteiger partial charge in [-0.25, -0.2) is 14.8 Å². The molecule has 2 aromatic heterocycles. The van der Waals surface area contributed by atoms with E-state index in [1.54, 1.807) is 40.3 Å². The fourth-order valence-corrected chi connectivity index (χ4v) is 3.98. The molecule has 0 unspecified atom stereocenters. The van der Waals surface area contributed by atoms with E-state index >= 15 is 0 Å². The van der Waals surface area contributed by atoms with Crippen LogP contribution in [0.4, 0.5) is 5.82 Å². The number of aromatic nitrogens is 3. The Bertz CT molecular complexity index is 1050. The van der Waals surface area contributed by atoms with Crippen molar-refractivity contribution >= 4 is 45.9 Å². The SMILES string of the molecule is O=C1Oc2c(nc3c(Cl)c(Cl)ccc3c2-n2ccnc2)N2CC[C@H](O)[C@H]12. The van der Waals surface area contributed by atoms with Crippen molar-refractivity contribution in [3.8, 4) is 11.4 Å². The van der Waals surface area contributed by atoms with Crippen LogP contribution < -0.4 is 9.64 Å². The van der Waals surface area contributed by atoms with Crippen LogP contribution in [0.2, 0.25) is 10.0 Å². The number of aliphatic hydroxyl groups is 1. The zero-order valence-corrected chi connectivity index (χ0v) is 14.8. The molecule has 0 radical (unpaired) electrons. The normalized spacial score (nSPS) is 21.7. The first-order valence-corrected chi connectivity index (χ1v) is 8.78. The van der Waals surface area contributed by atoms with Gasteiger partial charge in [-0.3, -0.25) is 0 Å². The molecule has 4 heterocycles. The van der Waals surface area contributed by atoms with E-state index in [1.807, 2.05) is 0 Å². The van der Waals surface area contributed by atoms with E-state index < -0.39 is 18.1 Å². The Labute approximate surface area is 157 Å². The molecule has 1 saturated heterocycles. The summed E-state index contributed by atoms with van der Waals surface area (Å²) in [5, 5.41) is 11.5. The van der Waals surface area contributed by atoms with Crippen LogP contribution in [0.3, 0.4) is 0 Å². The Kier molecular flexibility index (Phi) is 3.40. The number of aliphatic hydroxyl groups excluding tert-OH is 1. The van der Waals surface area contributed by atoms with Crippen LogP contribution >= 0.6 is 23.2 Å². The minimum atomic E-state index is -0.792. The summed E-state index contributed by atoms with van der Waals surface area (Å²) < 4.78 is 7.36. The van der Waals surface area contributed by atoms with Gasteiger partial charge in [0.25, 0.3) is 0 Å². The first-order chi connectivity index (χ1) is 12.6. The maximum Gasteiger partial charge on any atom is 0.337 e. The molecule has 1 aromatic carbocycles. The van der Waals surface area contributed by atoms with E-state index in [1.165, 1.54) is 0 Å². The topological polar surface area (TPSA) is 80.5 Å². The van der Waals surface area contributed by atoms with Gasteiger partial charge in [0.1, 0.15) is 5.69 Å². The highest BCUT2D eigenvalue weighted by atomic mass is 35.5. The number of hydrogen-bond acceptors (Lipinski definition) is 6. The lowest BCUT2D eigenvalue weighted by molar-refractivity contribution is -0.138. The Morgan fingerprint density at radius 1 is 1.31 bits per heavy atom. The first kappa shape index (κ1) is 15.9. The average Bonchev–Trinajstić information content (AvgIpc) is 3.27. The summed E-state index contributed by atoms with van der Waals surface area (Å²) in [6.07, 6.45) is 4.65. The van der Waals surface area contributed by atoms with Gasteiger partial charge in [0, 0.05) is 24.3 Å². The van der Waals surface area contributed by atoms with E-state index in [0.717, 1.165) is 0 Å². The van der Waals surface area contributed by atoms with Crippen molar-refractivity contribution in [3.05, 3.63) is 40.9 Å². The van der Waals surface area contributed by atoms with Crippen molar-refractivity contribution < 1.29 is 14.6 Å². The van der Waals surface area contributed by atoms with E-state index in [9.17, 15) is 9.90 Å². The third-order valence-corrected chi connectivity index (χ3v) is 5.60. The predicted molar refractivity (Wildman–Crippen MR) is 96.3 cm³/mol. The van der Waals surface area contributed by atoms with Crippen LogP contribution in [0, 0.1) is 0 Å². The number of fused-ring (bicyclic) bond motifs is 4. The molecule has 26 heavy (non-hydrogen) atoms. The van der Waals surface area contributed by atoms with Gasteiger partial charge >= 0.3 is 5.97 Å². The summed E-state index contributed by atoms with van der Waals surface area (Å²) in [6.45, 7) is 0.494. The van der Waals surface area contributed by atoms with Crippen LogP contribution in [0.5, 0.6) is 5.75 Å². The molecule has 1 fully saturated rings. The number of anilines is 1. The Balaban J connectivity index is 1.89. The number of hydrogen-bond donors (Lipinski definition) is 1. The second-order valence-corrected chi connectivity index (χ2v) is 7.04. The molecule has 2 atom stereocenters. The molecule has 2 aliphatic heterocycles. The molecule has 9 heteroatoms. The molecular weight excluding hydrogens is 379 g/mol. The summed E-state index contributed by atoms with van der Waals surface area (Å²) in [4.78, 5) is 23.0. The highest BCUT2D eigenvalue weighted by Crippen LogP contribution is 2.46. The standard InChI is InChI=1S/C17H12Cl2N4O3/c18-9-2-1-8-12(11(9)19)21-16-15(13(8)22-6-4-20-7-22)26-17(25)14-10(24)3-5-23(14)16/h1-2,4,6-7,10,14,24H,3,5H2/t10-,14+/m0/s1. The Morgan fingerprint density at radius 3 is 2.92 bits per heavy atom. The first-order valence-electron chi connectivity index (χ1n) is 8.02. The number of halogens is 2. The molecule has 132 valence electrons. The molecule has 0 bridgehead atoms. The van der Waals surface area contributed by atoms with Crippen LogP contribution in [0.25, 0.3) is 16.6 Å². The second kappa shape index (κ2) is 5.57. The summed E-state index contributed by atoms with van der Waals surface area (Å²) in [6, 6.07) is 2.69. The number of pyridine rings is 1. The van der Waals surface area contributed by atoms with Gasteiger partial charge in [-0.1, -0.05) is 23.2 Å². The summed E-state index contributed by atoms with van der Waals surface area (Å²) in [5.74, 6) is 0.292. The van der Waals surface area contributed by atoms with Crippen molar-refractivity contribution in [1.29, 1.82) is 0 Å². The lowest BCUT2D eigenvalue weighted by atomic mass is 10.1. The molecule has 3 aromatic rings. The van der Waals surface area contributed by atoms with Crippen LogP contribution in [-0.4, -0.2) is 44.3 Å². The Hall–Kier alpha value is -2.35. The van der Waals surface area contributed by atoms with Crippen molar-refractivity contribution in [2.75, 3.05) is 11.4 Å². The highest BCUT2D eigenvalue weighted by Gasteiger charge is 2.46. The van der Waals surface area contributed by atoms with E-state index in [2.05, 4.69) is 9.97 Å². The van der Waals surface area contributed by atoms with Gasteiger partial charge in [0.05, 0.1) is 28.0 Å². The predicted octanol–water partition coefficient (Wildman–Crippen LogP) is 2.59. The van der Waals surface area contributed by atoms with Gasteiger partial charge in [0.15, 0.2) is 17.6 Å². The smallest absolute Gasteiger partial charge is 0.337 e. The minimum Gasteiger partial charge on any atom is -0.419 e. The third kappa shape index (κ3) is 2.08. The summed E-state index contributed by atoms with van der Waals surface area (Å²) in [5.41, 5.74) is 1.11. The number of ether oxygens (including phenoxy) is 1. The number of carbonyl (C=O) groups is 1. The quantitative estimate of drug-likeness (QED) is 0.643. The number of carbonyl (C=O) groups excluding carboxylic acids is 1. The molecule has 0 spiro atoms. The van der Waals surface area contributed by atoms with Crippen LogP contribution in [0.15, 0.2) is 30.9 Å². The molecule has 0 aliphatic carbocycles. The number of benzene rings is 1. The maximum absolute atomic E-state index is 12.5. The molecule has 0 amide bonds. The van der Waals surface area contributed by atoms with Crippen LogP contribution in [0.1, 0.15) is 6.42 Å². The monoisotopic (exact) mass is 390 g/mol. The van der Waals surface area contributed by atoms with Crippen molar-refractivity contribution in [2.24, 2.45) is 0 Å². The van der Waals surface area contributed by atoms with Crippen molar-refractivity contribution in [1.82, 2.24) is 14.5 Å². The van der Waals surface area contributed by atoms with Gasteiger partial charge < -0.3 is 19.3 Å². The molecule has 2 aliphatic rings. The summed E-state index contributed by atoms with van der Waals surface area (Å²) >= 11 is 12.6. The molecule has 0 saturated carbocycles. The lowest BCUT2D eigenvalue weighted by Gasteiger charge is -2.33. The van der Waals surface area contributed by atoms with E-state index in [4.69, 9.17) is 27.9 Å². The van der Waals surface area contributed by atoms with Gasteiger partial charge in [-0.05, 0) is 18.6 Å². The average molecular weight is 391 g/mol. The number of imidazole rings is 1. The Morgan fingerprint density at radius 2 is 2.15 bits per heavy atom. The number of rotatable bonds is 1. The van der Waals surface area contributed by atoms with Crippen molar-refractivity contribution in [3.63, 3.8) is 0 Å². The van der Waals surface area contributed by atoms with E-state index in [0.29, 0.717) is 51.2 Å². The minimum absolute atomic E-state index is 0.321.